The first kappa shape index (κ1) is 25.8. The summed E-state index contributed by atoms with van der Waals surface area (Å²) in [5.74, 6) is -3.68. The van der Waals surface area contributed by atoms with E-state index in [0.717, 1.165) is 26.9 Å². The quantitative estimate of drug-likeness (QED) is 0.112. The number of nitrogen functional groups attached to an aromatic ring is 1. The average molecular weight is 533 g/mol. The molecule has 2 amide bonds. The molecule has 5 N–H and O–H groups in total. The molecule has 2 aromatic heterocycles. The predicted molar refractivity (Wildman–Crippen MR) is 117 cm³/mol. The molecule has 17 nitrogen and oxygen atoms in total. The smallest absolute Gasteiger partial charge is 0.362 e. The highest BCUT2D eigenvalue weighted by Gasteiger charge is 2.54. The Morgan fingerprint density at radius 2 is 2.03 bits per heavy atom. The third kappa shape index (κ3) is 5.15. The van der Waals surface area contributed by atoms with E-state index in [2.05, 4.69) is 20.6 Å². The van der Waals surface area contributed by atoms with Crippen LogP contribution < -0.4 is 16.7 Å². The fourth-order valence-electron chi connectivity index (χ4n) is 2.87. The molecule has 0 radical (unpaired) electrons. The Kier molecular flexibility index (Phi) is 6.68. The number of aliphatic carboxylic acids is 1. The van der Waals surface area contributed by atoms with Crippen LogP contribution in [-0.4, -0.2) is 82.9 Å². The standard InChI is InChI=1S/C16H20N8O9S2/c1-16(2,13(27)28)33-21-9(7-5-34-14(17)19-7)11(25)20-10-8(24(12(10)26)35(30,31)32)4-23-15(29)22(3)6-18-23/h5-6,8,10H,4H2,1-3H3,(H2,17,19)(H,20,25)(H,27,28)(H,30,31,32)/b21-9-. The Morgan fingerprint density at radius 1 is 1.37 bits per heavy atom. The maximum Gasteiger partial charge on any atom is 0.362 e. The first-order valence-corrected chi connectivity index (χ1v) is 11.8. The number of oxime groups is 1. The number of amides is 2. The number of hydrogen-bond acceptors (Lipinski definition) is 12. The van der Waals surface area contributed by atoms with Gasteiger partial charge in [-0.2, -0.15) is 13.5 Å². The number of carboxylic acids is 1. The first-order chi connectivity index (χ1) is 16.1. The molecular weight excluding hydrogens is 512 g/mol. The van der Waals surface area contributed by atoms with Gasteiger partial charge in [-0.25, -0.2) is 23.6 Å². The number of aryl methyl sites for hydroxylation is 1. The van der Waals surface area contributed by atoms with Crippen LogP contribution in [0.15, 0.2) is 21.7 Å². The van der Waals surface area contributed by atoms with Crippen LogP contribution in [0, 0.1) is 0 Å². The minimum atomic E-state index is -5.03. The van der Waals surface area contributed by atoms with E-state index in [9.17, 15) is 37.3 Å². The van der Waals surface area contributed by atoms with E-state index < -0.39 is 63.7 Å². The lowest BCUT2D eigenvalue weighted by Gasteiger charge is -2.43. The summed E-state index contributed by atoms with van der Waals surface area (Å²) in [4.78, 5) is 57.7. The number of carbonyl (C=O) groups excluding carboxylic acids is 2. The molecule has 1 fully saturated rings. The number of carbonyl (C=O) groups is 3. The fraction of sp³-hybridized carbons (Fsp3) is 0.438. The van der Waals surface area contributed by atoms with Crippen LogP contribution in [0.25, 0.3) is 0 Å². The van der Waals surface area contributed by atoms with E-state index in [1.807, 2.05) is 0 Å². The summed E-state index contributed by atoms with van der Waals surface area (Å²) >= 11 is 0.937. The summed E-state index contributed by atoms with van der Waals surface area (Å²) in [6.07, 6.45) is 1.15. The molecule has 3 rings (SSSR count). The largest absolute Gasteiger partial charge is 0.478 e. The summed E-state index contributed by atoms with van der Waals surface area (Å²) in [6.45, 7) is 1.85. The van der Waals surface area contributed by atoms with Crippen molar-refractivity contribution in [1.82, 2.24) is 29.0 Å². The van der Waals surface area contributed by atoms with E-state index in [-0.39, 0.29) is 15.1 Å². The van der Waals surface area contributed by atoms with Gasteiger partial charge in [-0.15, -0.1) is 11.3 Å². The molecule has 3 heterocycles. The molecule has 1 aliphatic rings. The summed E-state index contributed by atoms with van der Waals surface area (Å²) in [6, 6.07) is -2.96. The van der Waals surface area contributed by atoms with Crippen molar-refractivity contribution in [3.63, 3.8) is 0 Å². The van der Waals surface area contributed by atoms with E-state index in [4.69, 9.17) is 10.6 Å². The van der Waals surface area contributed by atoms with Gasteiger partial charge in [0, 0.05) is 12.4 Å². The van der Waals surface area contributed by atoms with E-state index in [1.54, 1.807) is 0 Å². The zero-order valence-electron chi connectivity index (χ0n) is 18.3. The normalized spacial score (nSPS) is 18.8. The van der Waals surface area contributed by atoms with Gasteiger partial charge in [0.15, 0.2) is 10.8 Å². The number of aromatic nitrogens is 4. The van der Waals surface area contributed by atoms with Crippen molar-refractivity contribution < 1.29 is 37.3 Å². The van der Waals surface area contributed by atoms with Crippen molar-refractivity contribution in [3.8, 4) is 0 Å². The zero-order valence-corrected chi connectivity index (χ0v) is 20.0. The van der Waals surface area contributed by atoms with Gasteiger partial charge in [0.1, 0.15) is 18.1 Å². The van der Waals surface area contributed by atoms with Gasteiger partial charge >= 0.3 is 22.0 Å². The van der Waals surface area contributed by atoms with Crippen LogP contribution in [0.1, 0.15) is 19.5 Å². The number of thiazole rings is 1. The number of rotatable bonds is 9. The van der Waals surface area contributed by atoms with Crippen molar-refractivity contribution in [1.29, 1.82) is 0 Å². The molecule has 19 heteroatoms. The number of nitrogens with zero attached hydrogens (tertiary/aromatic N) is 6. The van der Waals surface area contributed by atoms with E-state index in [1.165, 1.54) is 26.3 Å². The van der Waals surface area contributed by atoms with Crippen LogP contribution >= 0.6 is 11.3 Å². The molecule has 1 aliphatic heterocycles. The zero-order chi connectivity index (χ0) is 26.3. The van der Waals surface area contributed by atoms with Crippen molar-refractivity contribution >= 4 is 50.3 Å². The van der Waals surface area contributed by atoms with E-state index >= 15 is 0 Å². The number of β-lactam (4-membered cyclic amide) rings is 1. The minimum Gasteiger partial charge on any atom is -0.478 e. The molecule has 0 spiro atoms. The van der Waals surface area contributed by atoms with Crippen LogP contribution in [0.5, 0.6) is 0 Å². The van der Waals surface area contributed by atoms with Gasteiger partial charge in [0.2, 0.25) is 5.60 Å². The molecule has 0 bridgehead atoms. The van der Waals surface area contributed by atoms with Crippen LogP contribution in [0.3, 0.4) is 0 Å². The molecule has 35 heavy (non-hydrogen) atoms. The number of nitrogens with two attached hydrogens (primary N) is 1. The second-order valence-electron chi connectivity index (χ2n) is 7.75. The molecule has 1 saturated heterocycles. The molecule has 190 valence electrons. The number of nitrogens with one attached hydrogen (secondary N) is 1. The molecular formula is C16H20N8O9S2. The molecule has 2 unspecified atom stereocenters. The Hall–Kier alpha value is -3.84. The number of anilines is 1. The molecule has 0 aliphatic carbocycles. The fourth-order valence-corrected chi connectivity index (χ4v) is 4.29. The maximum atomic E-state index is 13.0. The Labute approximate surface area is 200 Å². The van der Waals surface area contributed by atoms with Crippen LogP contribution in [0.4, 0.5) is 5.13 Å². The summed E-state index contributed by atoms with van der Waals surface area (Å²) in [7, 11) is -3.64. The van der Waals surface area contributed by atoms with Gasteiger partial charge in [-0.05, 0) is 13.8 Å². The lowest BCUT2D eigenvalue weighted by molar-refractivity contribution is -0.161. The highest BCUT2D eigenvalue weighted by Crippen LogP contribution is 2.25. The van der Waals surface area contributed by atoms with E-state index in [0.29, 0.717) is 0 Å². The molecule has 0 saturated carbocycles. The lowest BCUT2D eigenvalue weighted by atomic mass is 9.98. The van der Waals surface area contributed by atoms with Gasteiger partial charge in [-0.3, -0.25) is 18.7 Å². The SMILES string of the molecule is Cn1cnn(CC2C(NC(=O)/C(=N\OC(C)(C)C(=O)O)c3csc(N)n3)C(=O)N2S(=O)(=O)O)c1=O. The summed E-state index contributed by atoms with van der Waals surface area (Å²) in [5.41, 5.74) is 2.43. The van der Waals surface area contributed by atoms with Crippen LogP contribution in [-0.2, 0) is 43.1 Å². The van der Waals surface area contributed by atoms with Crippen LogP contribution in [0.2, 0.25) is 0 Å². The second-order valence-corrected chi connectivity index (χ2v) is 9.93. The maximum absolute atomic E-state index is 13.0. The van der Waals surface area contributed by atoms with Gasteiger partial charge < -0.3 is 21.0 Å². The Balaban J connectivity index is 1.92. The van der Waals surface area contributed by atoms with Crippen molar-refractivity contribution in [2.24, 2.45) is 12.2 Å². The average Bonchev–Trinajstić information content (AvgIpc) is 3.30. The number of hydrogen-bond donors (Lipinski definition) is 4. The van der Waals surface area contributed by atoms with Gasteiger partial charge in [0.05, 0.1) is 12.6 Å². The first-order valence-electron chi connectivity index (χ1n) is 9.54. The highest BCUT2D eigenvalue weighted by atomic mass is 32.2. The number of carboxylic acid groups (broad SMARTS) is 1. The van der Waals surface area contributed by atoms with Crippen molar-refractivity contribution in [3.05, 3.63) is 27.9 Å². The molecule has 2 atom stereocenters. The third-order valence-electron chi connectivity index (χ3n) is 4.81. The summed E-state index contributed by atoms with van der Waals surface area (Å²) < 4.78 is 34.8. The minimum absolute atomic E-state index is 0.0441. The lowest BCUT2D eigenvalue weighted by Crippen LogP contribution is -2.73. The molecule has 0 aromatic carbocycles. The Bertz CT molecular complexity index is 1370. The van der Waals surface area contributed by atoms with Gasteiger partial charge in [0.25, 0.3) is 11.8 Å². The third-order valence-corrected chi connectivity index (χ3v) is 6.43. The topological polar surface area (TPSA) is 241 Å². The van der Waals surface area contributed by atoms with Crippen molar-refractivity contribution in [2.75, 3.05) is 5.73 Å². The molecule has 2 aromatic rings. The van der Waals surface area contributed by atoms with Gasteiger partial charge in [-0.1, -0.05) is 5.16 Å². The monoisotopic (exact) mass is 532 g/mol. The Morgan fingerprint density at radius 3 is 2.51 bits per heavy atom. The predicted octanol–water partition coefficient (Wildman–Crippen LogP) is -2.60. The van der Waals surface area contributed by atoms with Crippen molar-refractivity contribution in [2.45, 2.75) is 38.1 Å². The highest BCUT2D eigenvalue weighted by molar-refractivity contribution is 7.84. The second kappa shape index (κ2) is 9.07. The summed E-state index contributed by atoms with van der Waals surface area (Å²) in [5, 5.41) is 20.2.